The number of aryl methyl sites for hydroxylation is 2. The highest BCUT2D eigenvalue weighted by atomic mass is 32.2. The summed E-state index contributed by atoms with van der Waals surface area (Å²) in [5, 5.41) is 30.3. The Morgan fingerprint density at radius 2 is 0.857 bits per heavy atom. The molecule has 8 N–H and O–H groups in total. The minimum absolute atomic E-state index is 0.0400. The van der Waals surface area contributed by atoms with E-state index in [0.29, 0.717) is 21.9 Å². The first-order valence-corrected chi connectivity index (χ1v) is 19.1. The average molecular weight is 799 g/mol. The number of anilines is 4. The molecule has 0 fully saturated rings. The van der Waals surface area contributed by atoms with Gasteiger partial charge >= 0.3 is 11.8 Å². The Balaban J connectivity index is 1.10. The van der Waals surface area contributed by atoms with E-state index < -0.39 is 53.7 Å². The van der Waals surface area contributed by atoms with Crippen LogP contribution in [0.1, 0.15) is 31.8 Å². The van der Waals surface area contributed by atoms with Gasteiger partial charge in [0, 0.05) is 44.6 Å². The van der Waals surface area contributed by atoms with Crippen molar-refractivity contribution in [1.82, 2.24) is 0 Å². The molecule has 0 saturated carbocycles. The van der Waals surface area contributed by atoms with Gasteiger partial charge in [0.05, 0.1) is 0 Å². The number of hydrogen-bond donors (Lipinski definition) is 8. The molecule has 0 saturated heterocycles. The Hall–Kier alpha value is -6.86. The first-order chi connectivity index (χ1) is 26.3. The maximum atomic E-state index is 13.1. The van der Waals surface area contributed by atoms with Crippen molar-refractivity contribution in [1.29, 1.82) is 0 Å². The highest BCUT2D eigenvalue weighted by Crippen LogP contribution is 2.32. The number of carbonyl (C=O) groups is 4. The lowest BCUT2D eigenvalue weighted by atomic mass is 10.1. The Labute approximate surface area is 318 Å². The van der Waals surface area contributed by atoms with Gasteiger partial charge in [0.1, 0.15) is 21.3 Å². The van der Waals surface area contributed by atoms with Crippen LogP contribution in [-0.2, 0) is 29.8 Å². The van der Waals surface area contributed by atoms with Gasteiger partial charge in [-0.25, -0.2) is 0 Å². The van der Waals surface area contributed by atoms with E-state index in [1.807, 2.05) is 0 Å². The SMILES string of the molecule is Cc1cc(C(=O)Nc2cc(S(=O)(=O)O)c3cc(O)ccc3c2)ccc1NC(=O)C(=O)Nc1ccc(C(=O)Nc2cc(S(=O)(=O)O)c3cc(O)ccc3c2)cc1C. The Bertz CT molecular complexity index is 2700. The van der Waals surface area contributed by atoms with Crippen molar-refractivity contribution in [2.24, 2.45) is 0 Å². The number of amides is 4. The molecule has 0 aromatic heterocycles. The Kier molecular flexibility index (Phi) is 10.2. The number of benzene rings is 6. The molecule has 16 nitrogen and oxygen atoms in total. The van der Waals surface area contributed by atoms with Crippen molar-refractivity contribution in [3.8, 4) is 11.5 Å². The molecule has 286 valence electrons. The van der Waals surface area contributed by atoms with Crippen LogP contribution >= 0.6 is 0 Å². The third kappa shape index (κ3) is 8.43. The monoisotopic (exact) mass is 798 g/mol. The zero-order valence-corrected chi connectivity index (χ0v) is 30.7. The van der Waals surface area contributed by atoms with Gasteiger partial charge in [0.2, 0.25) is 0 Å². The molecule has 0 aliphatic carbocycles. The lowest BCUT2D eigenvalue weighted by Crippen LogP contribution is -2.29. The maximum absolute atomic E-state index is 13.1. The number of rotatable bonds is 8. The topological polar surface area (TPSA) is 266 Å². The summed E-state index contributed by atoms with van der Waals surface area (Å²) in [5.74, 6) is -3.86. The van der Waals surface area contributed by atoms with Crippen LogP contribution in [0.15, 0.2) is 107 Å². The number of carbonyl (C=O) groups excluding carboxylic acids is 4. The second-order valence-corrected chi connectivity index (χ2v) is 15.4. The van der Waals surface area contributed by atoms with Crippen LogP contribution in [0.4, 0.5) is 22.7 Å². The maximum Gasteiger partial charge on any atom is 0.314 e. The van der Waals surface area contributed by atoms with Crippen molar-refractivity contribution in [3.05, 3.63) is 119 Å². The second-order valence-electron chi connectivity index (χ2n) is 12.6. The lowest BCUT2D eigenvalue weighted by Gasteiger charge is -2.13. The van der Waals surface area contributed by atoms with E-state index in [-0.39, 0.29) is 56.1 Å². The van der Waals surface area contributed by atoms with Gasteiger partial charge in [-0.2, -0.15) is 16.8 Å². The van der Waals surface area contributed by atoms with Gasteiger partial charge < -0.3 is 31.5 Å². The standard InChI is InChI=1S/C38H30N4O12S2/c1-19-11-23(35(45)39-25-13-21-3-7-27(43)17-29(21)33(15-25)55(49,50)51)5-9-31(19)41-37(47)38(48)42-32-10-6-24(12-20(32)2)36(46)40-26-14-22-4-8-28(44)18-30(22)34(16-26)56(52,53)54/h3-18,43-44H,1-2H3,(H,39,45)(H,40,46)(H,41,47)(H,42,48)(H,49,50,51)(H,52,53,54). The molecule has 56 heavy (non-hydrogen) atoms. The average Bonchev–Trinajstić information content (AvgIpc) is 3.11. The highest BCUT2D eigenvalue weighted by molar-refractivity contribution is 7.86. The molecule has 6 aromatic carbocycles. The predicted molar refractivity (Wildman–Crippen MR) is 206 cm³/mol. The summed E-state index contributed by atoms with van der Waals surface area (Å²) >= 11 is 0. The fourth-order valence-corrected chi connectivity index (χ4v) is 7.31. The molecular formula is C38H30N4O12S2. The lowest BCUT2D eigenvalue weighted by molar-refractivity contribution is -0.133. The normalized spacial score (nSPS) is 11.6. The highest BCUT2D eigenvalue weighted by Gasteiger charge is 2.21. The van der Waals surface area contributed by atoms with Crippen molar-refractivity contribution in [2.75, 3.05) is 21.3 Å². The van der Waals surface area contributed by atoms with E-state index in [0.717, 1.165) is 24.3 Å². The van der Waals surface area contributed by atoms with Gasteiger partial charge in [0.25, 0.3) is 32.1 Å². The van der Waals surface area contributed by atoms with E-state index in [2.05, 4.69) is 21.3 Å². The van der Waals surface area contributed by atoms with Crippen LogP contribution in [0.5, 0.6) is 11.5 Å². The largest absolute Gasteiger partial charge is 0.508 e. The fourth-order valence-electron chi connectivity index (χ4n) is 5.85. The van der Waals surface area contributed by atoms with Gasteiger partial charge in [-0.1, -0.05) is 12.1 Å². The minimum atomic E-state index is -4.73. The van der Waals surface area contributed by atoms with Gasteiger partial charge in [0.15, 0.2) is 0 Å². The number of fused-ring (bicyclic) bond motifs is 2. The first-order valence-electron chi connectivity index (χ1n) is 16.2. The van der Waals surface area contributed by atoms with Crippen molar-refractivity contribution < 1.29 is 55.3 Å². The summed E-state index contributed by atoms with van der Waals surface area (Å²) in [4.78, 5) is 50.8. The Morgan fingerprint density at radius 3 is 1.20 bits per heavy atom. The Morgan fingerprint density at radius 1 is 0.482 bits per heavy atom. The summed E-state index contributed by atoms with van der Waals surface area (Å²) in [5.41, 5.74) is 1.50. The summed E-state index contributed by atoms with van der Waals surface area (Å²) in [6.45, 7) is 3.15. The van der Waals surface area contributed by atoms with E-state index in [1.54, 1.807) is 13.8 Å². The first kappa shape index (κ1) is 38.9. The molecule has 4 amide bonds. The summed E-state index contributed by atoms with van der Waals surface area (Å²) in [6.07, 6.45) is 0. The zero-order chi connectivity index (χ0) is 40.7. The fraction of sp³-hybridized carbons (Fsp3) is 0.0526. The molecule has 0 aliphatic heterocycles. The van der Waals surface area contributed by atoms with Crippen molar-refractivity contribution >= 4 is 88.2 Å². The second kappa shape index (κ2) is 14.8. The molecule has 18 heteroatoms. The molecule has 0 unspecified atom stereocenters. The van der Waals surface area contributed by atoms with Crippen LogP contribution < -0.4 is 21.3 Å². The van der Waals surface area contributed by atoms with Crippen LogP contribution in [0.25, 0.3) is 21.5 Å². The molecule has 0 heterocycles. The molecule has 6 aromatic rings. The molecule has 0 radical (unpaired) electrons. The van der Waals surface area contributed by atoms with E-state index in [4.69, 9.17) is 0 Å². The van der Waals surface area contributed by atoms with Crippen LogP contribution in [-0.4, -0.2) is 59.8 Å². The van der Waals surface area contributed by atoms with Gasteiger partial charge in [-0.15, -0.1) is 0 Å². The minimum Gasteiger partial charge on any atom is -0.508 e. The number of phenols is 2. The molecule has 0 bridgehead atoms. The third-order valence-electron chi connectivity index (χ3n) is 8.55. The zero-order valence-electron chi connectivity index (χ0n) is 29.1. The van der Waals surface area contributed by atoms with Gasteiger partial charge in [-0.05, 0) is 121 Å². The number of hydrogen-bond acceptors (Lipinski definition) is 10. The third-order valence-corrected chi connectivity index (χ3v) is 10.3. The molecule has 6 rings (SSSR count). The van der Waals surface area contributed by atoms with Crippen LogP contribution in [0.3, 0.4) is 0 Å². The van der Waals surface area contributed by atoms with Crippen molar-refractivity contribution in [3.63, 3.8) is 0 Å². The van der Waals surface area contributed by atoms with Crippen LogP contribution in [0, 0.1) is 13.8 Å². The van der Waals surface area contributed by atoms with E-state index >= 15 is 0 Å². The van der Waals surface area contributed by atoms with Crippen LogP contribution in [0.2, 0.25) is 0 Å². The molecule has 0 aliphatic rings. The number of nitrogens with one attached hydrogen (secondary N) is 4. The number of aromatic hydroxyl groups is 2. The smallest absolute Gasteiger partial charge is 0.314 e. The van der Waals surface area contributed by atoms with E-state index in [1.165, 1.54) is 72.8 Å². The predicted octanol–water partition coefficient (Wildman–Crippen LogP) is 5.60. The number of phenolic OH excluding ortho intramolecular Hbond substituents is 2. The quantitative estimate of drug-likeness (QED) is 0.0691. The molecular weight excluding hydrogens is 769 g/mol. The molecule has 0 spiro atoms. The van der Waals surface area contributed by atoms with Gasteiger partial charge in [-0.3, -0.25) is 28.3 Å². The van der Waals surface area contributed by atoms with E-state index in [9.17, 15) is 55.3 Å². The summed E-state index contributed by atoms with van der Waals surface area (Å²) in [6, 6.07) is 21.1. The van der Waals surface area contributed by atoms with Crippen molar-refractivity contribution in [2.45, 2.75) is 23.6 Å². The molecule has 0 atom stereocenters. The summed E-state index contributed by atoms with van der Waals surface area (Å²) < 4.78 is 67.6. The summed E-state index contributed by atoms with van der Waals surface area (Å²) in [7, 11) is -9.46.